The van der Waals surface area contributed by atoms with Crippen molar-refractivity contribution < 1.29 is 4.79 Å². The molecule has 1 amide bonds. The van der Waals surface area contributed by atoms with Crippen LogP contribution in [-0.2, 0) is 4.79 Å². The highest BCUT2D eigenvalue weighted by atomic mass is 16.2. The van der Waals surface area contributed by atoms with Crippen LogP contribution >= 0.6 is 0 Å². The summed E-state index contributed by atoms with van der Waals surface area (Å²) in [5, 5.41) is 1.22. The zero-order chi connectivity index (χ0) is 7.28. The van der Waals surface area contributed by atoms with Crippen LogP contribution in [0.3, 0.4) is 0 Å². The number of nitrogens with one attached hydrogen (secondary N) is 2. The van der Waals surface area contributed by atoms with Crippen LogP contribution in [-0.4, -0.2) is 25.1 Å². The van der Waals surface area contributed by atoms with E-state index >= 15 is 0 Å². The Labute approximate surface area is 54.5 Å². The first-order chi connectivity index (χ1) is 4.26. The largest absolute Gasteiger partial charge is 0.274 e. The molecule has 0 aliphatic carbocycles. The second-order valence-electron chi connectivity index (χ2n) is 1.32. The lowest BCUT2D eigenvalue weighted by molar-refractivity contribution is -0.131. The van der Waals surface area contributed by atoms with Gasteiger partial charge in [-0.1, -0.05) is 6.58 Å². The average molecular weight is 129 g/mol. The molecular weight excluding hydrogens is 118 g/mol. The smallest absolute Gasteiger partial charge is 0.267 e. The van der Waals surface area contributed by atoms with Gasteiger partial charge in [0.05, 0.1) is 0 Å². The molecule has 0 rings (SSSR count). The van der Waals surface area contributed by atoms with Crippen LogP contribution in [0.15, 0.2) is 12.7 Å². The third-order valence-corrected chi connectivity index (χ3v) is 0.842. The van der Waals surface area contributed by atoms with Crippen LogP contribution in [0.25, 0.3) is 0 Å². The van der Waals surface area contributed by atoms with Crippen LogP contribution in [0.4, 0.5) is 0 Å². The summed E-state index contributed by atoms with van der Waals surface area (Å²) in [4.78, 5) is 10.7. The fourth-order valence-corrected chi connectivity index (χ4v) is 0.423. The molecule has 0 spiro atoms. The molecule has 0 aromatic carbocycles. The van der Waals surface area contributed by atoms with E-state index in [0.29, 0.717) is 0 Å². The summed E-state index contributed by atoms with van der Waals surface area (Å²) in [6, 6.07) is 0. The Balaban J connectivity index is 3.78. The van der Waals surface area contributed by atoms with E-state index in [1.165, 1.54) is 11.2 Å². The SMILES string of the molecule is C=CC(=O)N(NC)NC. The van der Waals surface area contributed by atoms with Gasteiger partial charge in [0.2, 0.25) is 0 Å². The summed E-state index contributed by atoms with van der Waals surface area (Å²) >= 11 is 0. The molecule has 0 bridgehead atoms. The zero-order valence-electron chi connectivity index (χ0n) is 5.64. The van der Waals surface area contributed by atoms with Gasteiger partial charge in [-0.25, -0.2) is 16.0 Å². The van der Waals surface area contributed by atoms with Crippen molar-refractivity contribution in [2.45, 2.75) is 0 Å². The Morgan fingerprint density at radius 1 is 1.56 bits per heavy atom. The van der Waals surface area contributed by atoms with Crippen LogP contribution in [0.5, 0.6) is 0 Å². The molecule has 0 unspecified atom stereocenters. The maximum atomic E-state index is 10.7. The van der Waals surface area contributed by atoms with Gasteiger partial charge in [0.15, 0.2) is 0 Å². The molecule has 52 valence electrons. The molecule has 0 aliphatic rings. The van der Waals surface area contributed by atoms with Crippen molar-refractivity contribution in [2.24, 2.45) is 0 Å². The van der Waals surface area contributed by atoms with Crippen molar-refractivity contribution in [3.63, 3.8) is 0 Å². The minimum Gasteiger partial charge on any atom is -0.267 e. The van der Waals surface area contributed by atoms with Gasteiger partial charge < -0.3 is 0 Å². The molecule has 0 saturated carbocycles. The monoisotopic (exact) mass is 129 g/mol. The zero-order valence-corrected chi connectivity index (χ0v) is 5.64. The highest BCUT2D eigenvalue weighted by Crippen LogP contribution is 1.75. The topological polar surface area (TPSA) is 44.4 Å². The summed E-state index contributed by atoms with van der Waals surface area (Å²) in [6.45, 7) is 3.31. The van der Waals surface area contributed by atoms with E-state index in [9.17, 15) is 4.79 Å². The molecule has 0 fully saturated rings. The summed E-state index contributed by atoms with van der Waals surface area (Å²) in [7, 11) is 3.27. The average Bonchev–Trinajstić information content (AvgIpc) is 1.90. The predicted molar refractivity (Wildman–Crippen MR) is 35.2 cm³/mol. The van der Waals surface area contributed by atoms with E-state index in [1.54, 1.807) is 14.1 Å². The number of hydrogen-bond acceptors (Lipinski definition) is 3. The molecule has 0 atom stereocenters. The summed E-state index contributed by atoms with van der Waals surface area (Å²) in [5.41, 5.74) is 5.21. The van der Waals surface area contributed by atoms with Crippen molar-refractivity contribution in [3.05, 3.63) is 12.7 Å². The predicted octanol–water partition coefficient (Wildman–Crippen LogP) is -0.730. The Morgan fingerprint density at radius 3 is 2.11 bits per heavy atom. The lowest BCUT2D eigenvalue weighted by Crippen LogP contribution is -2.47. The molecule has 0 aromatic heterocycles. The van der Waals surface area contributed by atoms with Crippen molar-refractivity contribution >= 4 is 5.91 Å². The fraction of sp³-hybridized carbons (Fsp3) is 0.400. The lowest BCUT2D eigenvalue weighted by Gasteiger charge is -2.16. The first-order valence-electron chi connectivity index (χ1n) is 2.57. The molecule has 0 radical (unpaired) electrons. The third kappa shape index (κ3) is 2.25. The summed E-state index contributed by atoms with van der Waals surface area (Å²) in [6.07, 6.45) is 1.22. The van der Waals surface area contributed by atoms with Gasteiger partial charge >= 0.3 is 0 Å². The summed E-state index contributed by atoms with van der Waals surface area (Å²) in [5.74, 6) is -0.208. The number of carbonyl (C=O) groups is 1. The van der Waals surface area contributed by atoms with E-state index in [1.807, 2.05) is 0 Å². The molecule has 0 heterocycles. The Morgan fingerprint density at radius 2 is 2.00 bits per heavy atom. The summed E-state index contributed by atoms with van der Waals surface area (Å²) < 4.78 is 0. The molecule has 0 saturated heterocycles. The molecule has 4 heteroatoms. The van der Waals surface area contributed by atoms with Crippen LogP contribution in [0, 0.1) is 0 Å². The van der Waals surface area contributed by atoms with Gasteiger partial charge in [0.1, 0.15) is 0 Å². The van der Waals surface area contributed by atoms with Crippen LogP contribution < -0.4 is 10.9 Å². The van der Waals surface area contributed by atoms with Crippen molar-refractivity contribution in [2.75, 3.05) is 14.1 Å². The number of amides is 1. The van der Waals surface area contributed by atoms with Gasteiger partial charge in [-0.15, -0.1) is 0 Å². The molecule has 4 nitrogen and oxygen atoms in total. The van der Waals surface area contributed by atoms with E-state index in [2.05, 4.69) is 17.4 Å². The minimum absolute atomic E-state index is 0.208. The number of nitrogens with zero attached hydrogens (tertiary/aromatic N) is 1. The second-order valence-corrected chi connectivity index (χ2v) is 1.32. The second kappa shape index (κ2) is 4.05. The van der Waals surface area contributed by atoms with Gasteiger partial charge in [-0.05, 0) is 6.08 Å². The number of hydrogen-bond donors (Lipinski definition) is 2. The van der Waals surface area contributed by atoms with Gasteiger partial charge in [0, 0.05) is 14.1 Å². The molecule has 0 aliphatic heterocycles. The first-order valence-corrected chi connectivity index (χ1v) is 2.57. The standard InChI is InChI=1S/C5H11N3O/c1-4-5(9)8(6-2)7-3/h4,6-7H,1H2,2-3H3. The van der Waals surface area contributed by atoms with Crippen molar-refractivity contribution in [3.8, 4) is 0 Å². The van der Waals surface area contributed by atoms with Gasteiger partial charge in [-0.3, -0.25) is 4.79 Å². The Kier molecular flexibility index (Phi) is 3.66. The van der Waals surface area contributed by atoms with E-state index < -0.39 is 0 Å². The number of carbonyl (C=O) groups excluding carboxylic acids is 1. The van der Waals surface area contributed by atoms with Crippen LogP contribution in [0.2, 0.25) is 0 Å². The maximum absolute atomic E-state index is 10.7. The normalized spacial score (nSPS) is 8.67. The lowest BCUT2D eigenvalue weighted by atomic mass is 10.6. The van der Waals surface area contributed by atoms with Gasteiger partial charge in [-0.2, -0.15) is 0 Å². The molecule has 0 aromatic rings. The maximum Gasteiger partial charge on any atom is 0.274 e. The van der Waals surface area contributed by atoms with E-state index in [-0.39, 0.29) is 5.91 Å². The first kappa shape index (κ1) is 8.13. The van der Waals surface area contributed by atoms with Crippen LogP contribution in [0.1, 0.15) is 0 Å². The van der Waals surface area contributed by atoms with Gasteiger partial charge in [0.25, 0.3) is 5.91 Å². The Bertz CT molecular complexity index is 109. The van der Waals surface area contributed by atoms with Crippen molar-refractivity contribution in [1.82, 2.24) is 16.0 Å². The Hall–Kier alpha value is -0.870. The molecule has 9 heavy (non-hydrogen) atoms. The fourth-order valence-electron chi connectivity index (χ4n) is 0.423. The highest BCUT2D eigenvalue weighted by Gasteiger charge is 2.01. The molecular formula is C5H11N3O. The van der Waals surface area contributed by atoms with Crippen molar-refractivity contribution in [1.29, 1.82) is 0 Å². The molecule has 2 N–H and O–H groups in total. The minimum atomic E-state index is -0.208. The number of hydrazine groups is 2. The van der Waals surface area contributed by atoms with E-state index in [4.69, 9.17) is 0 Å². The van der Waals surface area contributed by atoms with E-state index in [0.717, 1.165) is 0 Å². The highest BCUT2D eigenvalue weighted by molar-refractivity contribution is 5.86. The quantitative estimate of drug-likeness (QED) is 0.390. The third-order valence-electron chi connectivity index (χ3n) is 0.842. The number of rotatable bonds is 3.